The number of nitrogens with zero attached hydrogens (tertiary/aromatic N) is 3. The molecule has 5 nitrogen and oxygen atoms in total. The molecule has 122 valence electrons. The molecule has 0 aliphatic rings. The second-order valence-corrected chi connectivity index (χ2v) is 5.96. The Balaban J connectivity index is 2.17. The van der Waals surface area contributed by atoms with Crippen molar-refractivity contribution in [3.8, 4) is 23.3 Å². The van der Waals surface area contributed by atoms with Crippen LogP contribution in [0.25, 0.3) is 11.1 Å². The van der Waals surface area contributed by atoms with Crippen molar-refractivity contribution in [1.29, 1.82) is 10.5 Å². The molecule has 0 aliphatic heterocycles. The van der Waals surface area contributed by atoms with Crippen LogP contribution in [-0.4, -0.2) is 4.98 Å². The van der Waals surface area contributed by atoms with Crippen LogP contribution in [0.3, 0.4) is 0 Å². The van der Waals surface area contributed by atoms with Gasteiger partial charge < -0.3 is 10.2 Å². The van der Waals surface area contributed by atoms with Gasteiger partial charge in [-0.1, -0.05) is 30.0 Å². The van der Waals surface area contributed by atoms with E-state index in [1.807, 2.05) is 12.1 Å². The van der Waals surface area contributed by atoms with E-state index in [1.54, 1.807) is 24.5 Å². The highest BCUT2D eigenvalue weighted by molar-refractivity contribution is 7.98. The van der Waals surface area contributed by atoms with Gasteiger partial charge in [0.25, 0.3) is 0 Å². The molecular weight excluding hydrogens is 339 g/mol. The Morgan fingerprint density at radius 2 is 1.88 bits per heavy atom. The van der Waals surface area contributed by atoms with Crippen molar-refractivity contribution in [1.82, 2.24) is 4.98 Å². The van der Waals surface area contributed by atoms with E-state index in [0.29, 0.717) is 16.5 Å². The molecular formula is C18H11FN4OS. The zero-order valence-corrected chi connectivity index (χ0v) is 13.7. The molecule has 0 unspecified atom stereocenters. The predicted octanol–water partition coefficient (Wildman–Crippen LogP) is 4.10. The molecule has 2 N–H and O–H groups in total. The van der Waals surface area contributed by atoms with Crippen LogP contribution >= 0.6 is 11.8 Å². The summed E-state index contributed by atoms with van der Waals surface area (Å²) >= 11 is 1.24. The van der Waals surface area contributed by atoms with Crippen molar-refractivity contribution in [2.24, 2.45) is 0 Å². The Morgan fingerprint density at radius 1 is 1.12 bits per heavy atom. The lowest BCUT2D eigenvalue weighted by Crippen LogP contribution is -2.04. The van der Waals surface area contributed by atoms with Crippen LogP contribution in [0.5, 0.6) is 0 Å². The molecule has 0 aliphatic carbocycles. The largest absolute Gasteiger partial charge is 0.468 e. The molecule has 0 spiro atoms. The fourth-order valence-electron chi connectivity index (χ4n) is 2.37. The number of thioether (sulfide) groups is 1. The Labute approximate surface area is 147 Å². The third-order valence-electron chi connectivity index (χ3n) is 3.49. The molecule has 0 fully saturated rings. The van der Waals surface area contributed by atoms with Gasteiger partial charge in [-0.25, -0.2) is 9.37 Å². The monoisotopic (exact) mass is 350 g/mol. The van der Waals surface area contributed by atoms with Gasteiger partial charge in [0.15, 0.2) is 0 Å². The predicted molar refractivity (Wildman–Crippen MR) is 91.7 cm³/mol. The molecule has 0 saturated heterocycles. The maximum absolute atomic E-state index is 14.3. The fraction of sp³-hybridized carbons (Fsp3) is 0.0556. The average Bonchev–Trinajstić information content (AvgIpc) is 3.13. The molecule has 0 bridgehead atoms. The lowest BCUT2D eigenvalue weighted by Gasteiger charge is -2.13. The Bertz CT molecular complexity index is 1000. The minimum Gasteiger partial charge on any atom is -0.468 e. The van der Waals surface area contributed by atoms with Gasteiger partial charge in [-0.3, -0.25) is 0 Å². The topological polar surface area (TPSA) is 99.6 Å². The molecule has 0 atom stereocenters. The zero-order valence-electron chi connectivity index (χ0n) is 12.9. The number of halogens is 1. The molecule has 1 aromatic carbocycles. The van der Waals surface area contributed by atoms with Crippen LogP contribution in [-0.2, 0) is 5.75 Å². The van der Waals surface area contributed by atoms with E-state index >= 15 is 0 Å². The summed E-state index contributed by atoms with van der Waals surface area (Å²) in [5, 5.41) is 19.4. The average molecular weight is 350 g/mol. The highest BCUT2D eigenvalue weighted by atomic mass is 32.2. The van der Waals surface area contributed by atoms with E-state index in [-0.39, 0.29) is 28.1 Å². The number of aromatic nitrogens is 1. The Kier molecular flexibility index (Phi) is 4.69. The molecule has 3 rings (SSSR count). The number of anilines is 1. The van der Waals surface area contributed by atoms with Gasteiger partial charge in [-0.05, 0) is 18.2 Å². The second-order valence-electron chi connectivity index (χ2n) is 5.00. The zero-order chi connectivity index (χ0) is 17.8. The van der Waals surface area contributed by atoms with Crippen molar-refractivity contribution < 1.29 is 8.81 Å². The molecule has 3 aromatic rings. The van der Waals surface area contributed by atoms with Crippen LogP contribution in [0.4, 0.5) is 10.2 Å². The number of benzene rings is 1. The minimum atomic E-state index is -0.539. The van der Waals surface area contributed by atoms with Gasteiger partial charge in [0.05, 0.1) is 17.6 Å². The van der Waals surface area contributed by atoms with Gasteiger partial charge >= 0.3 is 0 Å². The summed E-state index contributed by atoms with van der Waals surface area (Å²) in [5.74, 6) is 0.548. The Morgan fingerprint density at radius 3 is 2.52 bits per heavy atom. The molecule has 2 aromatic heterocycles. The summed E-state index contributed by atoms with van der Waals surface area (Å²) < 4.78 is 19.5. The first kappa shape index (κ1) is 16.6. The van der Waals surface area contributed by atoms with Gasteiger partial charge in [0, 0.05) is 11.1 Å². The van der Waals surface area contributed by atoms with Gasteiger partial charge in [0.1, 0.15) is 40.1 Å². The van der Waals surface area contributed by atoms with E-state index in [1.165, 1.54) is 30.0 Å². The van der Waals surface area contributed by atoms with E-state index in [4.69, 9.17) is 10.2 Å². The quantitative estimate of drug-likeness (QED) is 0.711. The second kappa shape index (κ2) is 7.08. The van der Waals surface area contributed by atoms with Crippen LogP contribution in [0, 0.1) is 28.5 Å². The highest BCUT2D eigenvalue weighted by Crippen LogP contribution is 2.37. The number of pyridine rings is 1. The van der Waals surface area contributed by atoms with Gasteiger partial charge in [-0.15, -0.1) is 0 Å². The standard InChI is InChI=1S/C18H11FN4OS/c19-15-6-2-1-5-12(15)16-13(8-20)17(22)23-18(14(16)9-21)25-10-11-4-3-7-24-11/h1-7H,10H2,(H2,22,23). The highest BCUT2D eigenvalue weighted by Gasteiger charge is 2.22. The summed E-state index contributed by atoms with van der Waals surface area (Å²) in [4.78, 5) is 4.16. The first-order valence-corrected chi connectivity index (χ1v) is 8.18. The van der Waals surface area contributed by atoms with E-state index < -0.39 is 5.82 Å². The first-order valence-electron chi connectivity index (χ1n) is 7.19. The van der Waals surface area contributed by atoms with Crippen molar-refractivity contribution in [2.45, 2.75) is 10.8 Å². The third-order valence-corrected chi connectivity index (χ3v) is 4.49. The maximum Gasteiger partial charge on any atom is 0.143 e. The number of hydrogen-bond acceptors (Lipinski definition) is 6. The molecule has 0 saturated carbocycles. The van der Waals surface area contributed by atoms with Crippen LogP contribution < -0.4 is 5.73 Å². The van der Waals surface area contributed by atoms with Gasteiger partial charge in [-0.2, -0.15) is 10.5 Å². The number of nitrogens with two attached hydrogens (primary N) is 1. The van der Waals surface area contributed by atoms with Crippen LogP contribution in [0.15, 0.2) is 52.1 Å². The molecule has 2 heterocycles. The van der Waals surface area contributed by atoms with Crippen molar-refractivity contribution in [3.05, 3.63) is 65.4 Å². The van der Waals surface area contributed by atoms with Crippen molar-refractivity contribution in [2.75, 3.05) is 5.73 Å². The minimum absolute atomic E-state index is 0.0102. The number of hydrogen-bond donors (Lipinski definition) is 1. The fourth-order valence-corrected chi connectivity index (χ4v) is 3.27. The first-order chi connectivity index (χ1) is 12.2. The van der Waals surface area contributed by atoms with Crippen molar-refractivity contribution in [3.63, 3.8) is 0 Å². The summed E-state index contributed by atoms with van der Waals surface area (Å²) in [5.41, 5.74) is 6.31. The molecule has 0 radical (unpaired) electrons. The number of nitrogen functional groups attached to an aromatic ring is 1. The molecule has 25 heavy (non-hydrogen) atoms. The summed E-state index contributed by atoms with van der Waals surface area (Å²) in [6.07, 6.45) is 1.55. The SMILES string of the molecule is N#Cc1c(N)nc(SCc2ccco2)c(C#N)c1-c1ccccc1F. The number of nitriles is 2. The number of rotatable bonds is 4. The summed E-state index contributed by atoms with van der Waals surface area (Å²) in [6, 6.07) is 13.5. The van der Waals surface area contributed by atoms with E-state index in [2.05, 4.69) is 4.98 Å². The number of furan rings is 1. The third kappa shape index (κ3) is 3.18. The molecule has 0 amide bonds. The molecule has 7 heteroatoms. The Hall–Kier alpha value is -3.29. The summed E-state index contributed by atoms with van der Waals surface area (Å²) in [6.45, 7) is 0. The van der Waals surface area contributed by atoms with E-state index in [0.717, 1.165) is 0 Å². The summed E-state index contributed by atoms with van der Waals surface area (Å²) in [7, 11) is 0. The van der Waals surface area contributed by atoms with Crippen LogP contribution in [0.2, 0.25) is 0 Å². The van der Waals surface area contributed by atoms with Crippen molar-refractivity contribution >= 4 is 17.6 Å². The maximum atomic E-state index is 14.3. The smallest absolute Gasteiger partial charge is 0.143 e. The lowest BCUT2D eigenvalue weighted by atomic mass is 9.96. The van der Waals surface area contributed by atoms with Crippen LogP contribution in [0.1, 0.15) is 16.9 Å². The normalized spacial score (nSPS) is 10.2. The van der Waals surface area contributed by atoms with Gasteiger partial charge in [0.2, 0.25) is 0 Å². The lowest BCUT2D eigenvalue weighted by molar-refractivity contribution is 0.530. The van der Waals surface area contributed by atoms with E-state index in [9.17, 15) is 14.9 Å².